The van der Waals surface area contributed by atoms with Crippen molar-refractivity contribution >= 4 is 11.6 Å². The first kappa shape index (κ1) is 21.5. The molecule has 0 amide bonds. The summed E-state index contributed by atoms with van der Waals surface area (Å²) in [6, 6.07) is 13.6. The molecule has 27 heavy (non-hydrogen) atoms. The van der Waals surface area contributed by atoms with Crippen LogP contribution in [-0.2, 0) is 5.41 Å². The first-order valence-corrected chi connectivity index (χ1v) is 9.56. The number of aliphatic hydroxyl groups is 1. The van der Waals surface area contributed by atoms with Gasteiger partial charge in [0.05, 0.1) is 7.11 Å². The van der Waals surface area contributed by atoms with Crippen LogP contribution in [0.25, 0.3) is 0 Å². The van der Waals surface area contributed by atoms with Gasteiger partial charge in [-0.05, 0) is 48.2 Å². The second-order valence-electron chi connectivity index (χ2n) is 7.76. The fraction of sp³-hybridized carbons (Fsp3) is 0.455. The van der Waals surface area contributed by atoms with Crippen LogP contribution in [0.15, 0.2) is 42.5 Å². The molecule has 0 heterocycles. The molecule has 0 aliphatic heterocycles. The molecule has 0 saturated carbocycles. The van der Waals surface area contributed by atoms with Crippen molar-refractivity contribution in [1.29, 1.82) is 0 Å². The topological polar surface area (TPSA) is 50.7 Å². The Labute approximate surface area is 167 Å². The smallest absolute Gasteiger partial charge is 0.123 e. The molecule has 0 saturated heterocycles. The Morgan fingerprint density at radius 1 is 1.11 bits per heavy atom. The summed E-state index contributed by atoms with van der Waals surface area (Å²) in [6.45, 7) is 9.08. The second-order valence-corrected chi connectivity index (χ2v) is 8.19. The third-order valence-electron chi connectivity index (χ3n) is 4.46. The predicted octanol–water partition coefficient (Wildman–Crippen LogP) is 4.74. The van der Waals surface area contributed by atoms with Gasteiger partial charge in [0.15, 0.2) is 0 Å². The van der Waals surface area contributed by atoms with Crippen LogP contribution >= 0.6 is 11.6 Å². The van der Waals surface area contributed by atoms with E-state index in [1.54, 1.807) is 7.11 Å². The molecular formula is C22H30ClNO3. The van der Waals surface area contributed by atoms with Gasteiger partial charge in [0.2, 0.25) is 0 Å². The van der Waals surface area contributed by atoms with E-state index in [-0.39, 0.29) is 18.1 Å². The zero-order valence-corrected chi connectivity index (χ0v) is 17.5. The molecule has 0 fully saturated rings. The third-order valence-corrected chi connectivity index (χ3v) is 4.71. The van der Waals surface area contributed by atoms with Crippen molar-refractivity contribution in [2.24, 2.45) is 0 Å². The van der Waals surface area contributed by atoms with Gasteiger partial charge in [-0.25, -0.2) is 0 Å². The van der Waals surface area contributed by atoms with Gasteiger partial charge < -0.3 is 19.9 Å². The van der Waals surface area contributed by atoms with Crippen LogP contribution in [-0.4, -0.2) is 31.5 Å². The molecule has 0 aliphatic carbocycles. The maximum Gasteiger partial charge on any atom is 0.123 e. The summed E-state index contributed by atoms with van der Waals surface area (Å²) in [6.07, 6.45) is -0.616. The second kappa shape index (κ2) is 9.45. The van der Waals surface area contributed by atoms with Gasteiger partial charge in [0.1, 0.15) is 24.2 Å². The van der Waals surface area contributed by atoms with Gasteiger partial charge in [-0.3, -0.25) is 0 Å². The maximum absolute atomic E-state index is 10.3. The Bertz CT molecular complexity index is 725. The van der Waals surface area contributed by atoms with Crippen LogP contribution in [0.2, 0.25) is 5.02 Å². The Hall–Kier alpha value is -1.75. The molecular weight excluding hydrogens is 362 g/mol. The van der Waals surface area contributed by atoms with Gasteiger partial charge in [-0.15, -0.1) is 0 Å². The zero-order chi connectivity index (χ0) is 20.0. The van der Waals surface area contributed by atoms with Gasteiger partial charge in [-0.1, -0.05) is 44.5 Å². The molecule has 2 N–H and O–H groups in total. The Balaban J connectivity index is 1.91. The highest BCUT2D eigenvalue weighted by Gasteiger charge is 2.20. The van der Waals surface area contributed by atoms with Crippen molar-refractivity contribution in [3.63, 3.8) is 0 Å². The zero-order valence-electron chi connectivity index (χ0n) is 16.8. The van der Waals surface area contributed by atoms with E-state index in [0.717, 1.165) is 22.6 Å². The van der Waals surface area contributed by atoms with Crippen molar-refractivity contribution in [2.45, 2.75) is 45.3 Å². The quantitative estimate of drug-likeness (QED) is 0.682. The molecule has 0 spiro atoms. The molecule has 0 aromatic heterocycles. The number of hydrogen-bond acceptors (Lipinski definition) is 4. The first-order valence-electron chi connectivity index (χ1n) is 9.19. The molecule has 2 atom stereocenters. The fourth-order valence-electron chi connectivity index (χ4n) is 2.78. The number of nitrogens with one attached hydrogen (secondary N) is 1. The minimum absolute atomic E-state index is 0.0871. The molecule has 2 rings (SSSR count). The molecule has 4 nitrogen and oxygen atoms in total. The number of rotatable bonds is 8. The summed E-state index contributed by atoms with van der Waals surface area (Å²) in [5, 5.41) is 14.4. The van der Waals surface area contributed by atoms with Crippen molar-refractivity contribution in [2.75, 3.05) is 20.3 Å². The summed E-state index contributed by atoms with van der Waals surface area (Å²) in [5.74, 6) is 1.57. The lowest BCUT2D eigenvalue weighted by Gasteiger charge is -2.24. The van der Waals surface area contributed by atoms with Crippen molar-refractivity contribution in [3.05, 3.63) is 58.6 Å². The SMILES string of the molecule is COc1ccc(OCC(O)CNC(C)c2ccc(Cl)cc2)c(C(C)(C)C)c1. The third kappa shape index (κ3) is 6.42. The van der Waals surface area contributed by atoms with Gasteiger partial charge in [0.25, 0.3) is 0 Å². The van der Waals surface area contributed by atoms with Crippen LogP contribution in [0.4, 0.5) is 0 Å². The van der Waals surface area contributed by atoms with Crippen LogP contribution in [0.5, 0.6) is 11.5 Å². The van der Waals surface area contributed by atoms with Gasteiger partial charge >= 0.3 is 0 Å². The summed E-state index contributed by atoms with van der Waals surface area (Å²) in [7, 11) is 1.65. The molecule has 2 unspecified atom stereocenters. The number of ether oxygens (including phenoxy) is 2. The van der Waals surface area contributed by atoms with Crippen LogP contribution in [0.1, 0.15) is 44.9 Å². The monoisotopic (exact) mass is 391 g/mol. The van der Waals surface area contributed by atoms with Crippen LogP contribution in [0, 0.1) is 0 Å². The standard InChI is InChI=1S/C22H30ClNO3/c1-15(16-6-8-17(23)9-7-16)24-13-18(25)14-27-21-11-10-19(26-5)12-20(21)22(2,3)4/h6-12,15,18,24-25H,13-14H2,1-5H3. The van der Waals surface area contributed by atoms with E-state index >= 15 is 0 Å². The summed E-state index contributed by atoms with van der Waals surface area (Å²) < 4.78 is 11.2. The number of methoxy groups -OCH3 is 1. The average molecular weight is 392 g/mol. The van der Waals surface area contributed by atoms with E-state index < -0.39 is 6.10 Å². The van der Waals surface area contributed by atoms with Gasteiger partial charge in [0, 0.05) is 23.2 Å². The first-order chi connectivity index (χ1) is 12.7. The summed E-state index contributed by atoms with van der Waals surface area (Å²) in [5.41, 5.74) is 2.09. The fourth-order valence-corrected chi connectivity index (χ4v) is 2.90. The summed E-state index contributed by atoms with van der Waals surface area (Å²) >= 11 is 5.92. The molecule has 2 aromatic carbocycles. The van der Waals surface area contributed by atoms with E-state index in [1.807, 2.05) is 42.5 Å². The lowest BCUT2D eigenvalue weighted by molar-refractivity contribution is 0.103. The number of hydrogen-bond donors (Lipinski definition) is 2. The Kier molecular flexibility index (Phi) is 7.54. The van der Waals surface area contributed by atoms with E-state index in [9.17, 15) is 5.11 Å². The highest BCUT2D eigenvalue weighted by atomic mass is 35.5. The number of benzene rings is 2. The average Bonchev–Trinajstić information content (AvgIpc) is 2.64. The van der Waals surface area contributed by atoms with E-state index in [1.165, 1.54) is 0 Å². The highest BCUT2D eigenvalue weighted by Crippen LogP contribution is 2.34. The normalized spacial score (nSPS) is 13.9. The van der Waals surface area contributed by atoms with E-state index in [2.05, 4.69) is 33.0 Å². The predicted molar refractivity (Wildman–Crippen MR) is 111 cm³/mol. The van der Waals surface area contributed by atoms with Crippen LogP contribution < -0.4 is 14.8 Å². The lowest BCUT2D eigenvalue weighted by Crippen LogP contribution is -2.33. The largest absolute Gasteiger partial charge is 0.497 e. The Morgan fingerprint density at radius 2 is 1.78 bits per heavy atom. The minimum atomic E-state index is -0.616. The van der Waals surface area contributed by atoms with E-state index in [4.69, 9.17) is 21.1 Å². The molecule has 0 aliphatic rings. The lowest BCUT2D eigenvalue weighted by atomic mass is 9.86. The molecule has 2 aromatic rings. The Morgan fingerprint density at radius 3 is 2.37 bits per heavy atom. The maximum atomic E-state index is 10.3. The molecule has 148 valence electrons. The minimum Gasteiger partial charge on any atom is -0.497 e. The van der Waals surface area contributed by atoms with E-state index in [0.29, 0.717) is 11.6 Å². The van der Waals surface area contributed by atoms with Crippen molar-refractivity contribution < 1.29 is 14.6 Å². The summed E-state index contributed by atoms with van der Waals surface area (Å²) in [4.78, 5) is 0. The van der Waals surface area contributed by atoms with Crippen LogP contribution in [0.3, 0.4) is 0 Å². The number of halogens is 1. The highest BCUT2D eigenvalue weighted by molar-refractivity contribution is 6.30. The van der Waals surface area contributed by atoms with Gasteiger partial charge in [-0.2, -0.15) is 0 Å². The number of aliphatic hydroxyl groups excluding tert-OH is 1. The molecule has 5 heteroatoms. The van der Waals surface area contributed by atoms with Crippen molar-refractivity contribution in [1.82, 2.24) is 5.32 Å². The molecule has 0 bridgehead atoms. The molecule has 0 radical (unpaired) electrons. The van der Waals surface area contributed by atoms with Crippen molar-refractivity contribution in [3.8, 4) is 11.5 Å².